The number of rotatable bonds is 10. The number of ether oxygens (including phenoxy) is 4. The first-order valence-corrected chi connectivity index (χ1v) is 13.0. The van der Waals surface area contributed by atoms with E-state index in [0.717, 1.165) is 11.4 Å². The highest BCUT2D eigenvalue weighted by atomic mass is 35.5. The zero-order valence-electron chi connectivity index (χ0n) is 21.4. The predicted octanol–water partition coefficient (Wildman–Crippen LogP) is 3.76. The molecule has 0 atom stereocenters. The largest absolute Gasteiger partial charge is 0.493 e. The lowest BCUT2D eigenvalue weighted by molar-refractivity contribution is -0.114. The van der Waals surface area contributed by atoms with Crippen molar-refractivity contribution in [1.82, 2.24) is 0 Å². The van der Waals surface area contributed by atoms with E-state index in [1.807, 2.05) is 0 Å². The van der Waals surface area contributed by atoms with E-state index in [9.17, 15) is 22.8 Å². The number of esters is 2. The van der Waals surface area contributed by atoms with Gasteiger partial charge >= 0.3 is 11.9 Å². The van der Waals surface area contributed by atoms with Crippen LogP contribution in [0.15, 0.2) is 65.6 Å². The number of hydrogen-bond donors (Lipinski definition) is 1. The number of hydrogen-bond acceptors (Lipinski definition) is 9. The molecule has 1 amide bonds. The molecule has 3 rings (SSSR count). The smallest absolute Gasteiger partial charge is 0.339 e. The van der Waals surface area contributed by atoms with Gasteiger partial charge in [0.15, 0.2) is 11.5 Å². The summed E-state index contributed by atoms with van der Waals surface area (Å²) in [5, 5.41) is 2.85. The molecule has 206 valence electrons. The Bertz CT molecular complexity index is 1490. The summed E-state index contributed by atoms with van der Waals surface area (Å²) in [4.78, 5) is 37.3. The lowest BCUT2D eigenvalue weighted by Crippen LogP contribution is -2.38. The monoisotopic (exact) mass is 576 g/mol. The number of nitrogens with zero attached hydrogens (tertiary/aromatic N) is 1. The molecule has 3 aromatic carbocycles. The van der Waals surface area contributed by atoms with E-state index in [1.54, 1.807) is 0 Å². The number of sulfonamides is 1. The molecule has 0 heterocycles. The minimum Gasteiger partial charge on any atom is -0.493 e. The van der Waals surface area contributed by atoms with Crippen molar-refractivity contribution in [2.45, 2.75) is 4.90 Å². The molecule has 1 N–H and O–H groups in total. The van der Waals surface area contributed by atoms with Gasteiger partial charge in [0, 0.05) is 11.1 Å². The van der Waals surface area contributed by atoms with E-state index in [1.165, 1.54) is 82.0 Å². The molecule has 0 saturated heterocycles. The summed E-state index contributed by atoms with van der Waals surface area (Å²) in [5.74, 6) is -1.83. The Morgan fingerprint density at radius 3 is 2.05 bits per heavy atom. The van der Waals surface area contributed by atoms with E-state index in [4.69, 9.17) is 30.5 Å². The molecule has 0 bridgehead atoms. The third kappa shape index (κ3) is 6.59. The summed E-state index contributed by atoms with van der Waals surface area (Å²) in [6.07, 6.45) is 0. The van der Waals surface area contributed by atoms with Gasteiger partial charge in [0.05, 0.1) is 55.8 Å². The topological polar surface area (TPSA) is 138 Å². The van der Waals surface area contributed by atoms with Crippen molar-refractivity contribution < 1.29 is 41.7 Å². The van der Waals surface area contributed by atoms with Crippen LogP contribution in [0.25, 0.3) is 0 Å². The van der Waals surface area contributed by atoms with E-state index < -0.39 is 34.4 Å². The SMILES string of the molecule is COC(=O)c1ccc(C(=O)OC)c(NC(=O)CN(c2ccc(Cl)cc2)S(=O)(=O)c2ccc(OC)c(OC)c2)c1. The number of carbonyl (C=O) groups is 3. The number of anilines is 2. The highest BCUT2D eigenvalue weighted by molar-refractivity contribution is 7.92. The highest BCUT2D eigenvalue weighted by Gasteiger charge is 2.29. The van der Waals surface area contributed by atoms with Crippen LogP contribution in [0, 0.1) is 0 Å². The van der Waals surface area contributed by atoms with Crippen LogP contribution in [0.1, 0.15) is 20.7 Å². The van der Waals surface area contributed by atoms with E-state index in [-0.39, 0.29) is 33.1 Å². The van der Waals surface area contributed by atoms with E-state index in [2.05, 4.69) is 5.32 Å². The van der Waals surface area contributed by atoms with Crippen LogP contribution in [-0.4, -0.2) is 61.2 Å². The fourth-order valence-electron chi connectivity index (χ4n) is 3.53. The van der Waals surface area contributed by atoms with E-state index >= 15 is 0 Å². The van der Waals surface area contributed by atoms with Crippen molar-refractivity contribution in [3.8, 4) is 11.5 Å². The third-order valence-corrected chi connectivity index (χ3v) is 7.49. The number of benzene rings is 3. The third-order valence-electron chi connectivity index (χ3n) is 5.46. The molecule has 0 unspecified atom stereocenters. The summed E-state index contributed by atoms with van der Waals surface area (Å²) >= 11 is 5.99. The molecule has 3 aromatic rings. The molecule has 0 saturated carbocycles. The van der Waals surface area contributed by atoms with Gasteiger partial charge in [-0.3, -0.25) is 9.10 Å². The molecule has 0 aliphatic rings. The summed E-state index contributed by atoms with van der Waals surface area (Å²) in [7, 11) is 0.763. The number of amides is 1. The van der Waals surface area contributed by atoms with Gasteiger partial charge in [-0.25, -0.2) is 18.0 Å². The van der Waals surface area contributed by atoms with Crippen molar-refractivity contribution in [1.29, 1.82) is 0 Å². The maximum absolute atomic E-state index is 13.8. The minimum atomic E-state index is -4.34. The van der Waals surface area contributed by atoms with Crippen LogP contribution >= 0.6 is 11.6 Å². The molecule has 0 fully saturated rings. The molecule has 0 radical (unpaired) electrons. The summed E-state index contributed by atoms with van der Waals surface area (Å²) < 4.78 is 48.2. The normalized spacial score (nSPS) is 10.8. The van der Waals surface area contributed by atoms with Crippen LogP contribution < -0.4 is 19.1 Å². The average Bonchev–Trinajstić information content (AvgIpc) is 2.95. The first-order valence-electron chi connectivity index (χ1n) is 11.2. The second-order valence-electron chi connectivity index (χ2n) is 7.80. The number of carbonyl (C=O) groups excluding carboxylic acids is 3. The van der Waals surface area contributed by atoms with Gasteiger partial charge < -0.3 is 24.3 Å². The maximum Gasteiger partial charge on any atom is 0.339 e. The predicted molar refractivity (Wildman–Crippen MR) is 143 cm³/mol. The van der Waals surface area contributed by atoms with Crippen molar-refractivity contribution in [3.63, 3.8) is 0 Å². The minimum absolute atomic E-state index is 0.0490. The van der Waals surface area contributed by atoms with Crippen molar-refractivity contribution in [2.75, 3.05) is 44.6 Å². The van der Waals surface area contributed by atoms with Crippen LogP contribution in [-0.2, 0) is 24.3 Å². The van der Waals surface area contributed by atoms with Crippen molar-refractivity contribution in [3.05, 3.63) is 76.8 Å². The fourth-order valence-corrected chi connectivity index (χ4v) is 5.09. The van der Waals surface area contributed by atoms with Gasteiger partial charge in [0.1, 0.15) is 6.54 Å². The second kappa shape index (κ2) is 12.5. The van der Waals surface area contributed by atoms with Gasteiger partial charge in [-0.05, 0) is 54.6 Å². The number of halogens is 1. The van der Waals surface area contributed by atoms with Gasteiger partial charge in [0.25, 0.3) is 10.0 Å². The van der Waals surface area contributed by atoms with E-state index in [0.29, 0.717) is 10.8 Å². The Balaban J connectivity index is 2.04. The Morgan fingerprint density at radius 2 is 1.46 bits per heavy atom. The summed E-state index contributed by atoms with van der Waals surface area (Å²) in [5.41, 5.74) is 0.0578. The molecule has 0 spiro atoms. The molecule has 0 aliphatic carbocycles. The quantitative estimate of drug-likeness (QED) is 0.357. The molecule has 13 heteroatoms. The Kier molecular flexibility index (Phi) is 9.38. The van der Waals surface area contributed by atoms with Crippen molar-refractivity contribution >= 4 is 50.8 Å². The first-order chi connectivity index (χ1) is 18.5. The van der Waals surface area contributed by atoms with Crippen molar-refractivity contribution in [2.24, 2.45) is 0 Å². The molecule has 39 heavy (non-hydrogen) atoms. The second-order valence-corrected chi connectivity index (χ2v) is 10.1. The van der Waals surface area contributed by atoms with Gasteiger partial charge in [-0.2, -0.15) is 0 Å². The maximum atomic E-state index is 13.8. The van der Waals surface area contributed by atoms with Gasteiger partial charge in [0.2, 0.25) is 5.91 Å². The Hall–Kier alpha value is -4.29. The standard InChI is InChI=1S/C26H25ClN2O9S/c1-35-22-12-10-19(14-23(22)36-2)39(33,34)29(18-8-6-17(27)7-9-18)15-24(30)28-21-13-16(25(31)37-3)5-11-20(21)26(32)38-4/h5-14H,15H2,1-4H3,(H,28,30). The molecule has 0 aromatic heterocycles. The fraction of sp³-hybridized carbons (Fsp3) is 0.192. The first kappa shape index (κ1) is 29.3. The highest BCUT2D eigenvalue weighted by Crippen LogP contribution is 2.32. The molecular formula is C26H25ClN2O9S. The van der Waals surface area contributed by atoms with Gasteiger partial charge in [-0.15, -0.1) is 0 Å². The zero-order valence-corrected chi connectivity index (χ0v) is 23.0. The summed E-state index contributed by atoms with van der Waals surface area (Å²) in [6.45, 7) is -0.707. The lowest BCUT2D eigenvalue weighted by atomic mass is 10.1. The zero-order chi connectivity index (χ0) is 28.7. The number of nitrogens with one attached hydrogen (secondary N) is 1. The van der Waals surface area contributed by atoms with Crippen LogP contribution in [0.4, 0.5) is 11.4 Å². The van der Waals surface area contributed by atoms with Crippen LogP contribution in [0.3, 0.4) is 0 Å². The van der Waals surface area contributed by atoms with Crippen LogP contribution in [0.5, 0.6) is 11.5 Å². The molecular weight excluding hydrogens is 552 g/mol. The molecule has 0 aliphatic heterocycles. The number of methoxy groups -OCH3 is 4. The Morgan fingerprint density at radius 1 is 0.821 bits per heavy atom. The Labute approximate surface area is 230 Å². The molecule has 11 nitrogen and oxygen atoms in total. The lowest BCUT2D eigenvalue weighted by Gasteiger charge is -2.25. The van der Waals surface area contributed by atoms with Gasteiger partial charge in [-0.1, -0.05) is 11.6 Å². The average molecular weight is 577 g/mol. The summed E-state index contributed by atoms with van der Waals surface area (Å²) in [6, 6.07) is 13.7. The van der Waals surface area contributed by atoms with Crippen LogP contribution in [0.2, 0.25) is 5.02 Å².